The molecule has 0 fully saturated rings. The van der Waals surface area contributed by atoms with Crippen molar-refractivity contribution in [2.45, 2.75) is 13.3 Å². The highest BCUT2D eigenvalue weighted by molar-refractivity contribution is 6.04. The number of carbonyl (C=O) groups is 1. The van der Waals surface area contributed by atoms with Gasteiger partial charge in [0.25, 0.3) is 0 Å². The fraction of sp³-hybridized carbons (Fsp3) is 0.167. The van der Waals surface area contributed by atoms with E-state index < -0.39 is 0 Å². The van der Waals surface area contributed by atoms with Crippen LogP contribution in [0.1, 0.15) is 12.5 Å². The SMILES string of the molecule is CCOC(=O)Cc1c2ccccc2cc2ccccc12. The summed E-state index contributed by atoms with van der Waals surface area (Å²) in [6.45, 7) is 2.25. The largest absolute Gasteiger partial charge is 0.466 e. The first-order chi connectivity index (χ1) is 9.79. The van der Waals surface area contributed by atoms with Gasteiger partial charge < -0.3 is 4.74 Å². The third-order valence-corrected chi connectivity index (χ3v) is 3.51. The zero-order valence-corrected chi connectivity index (χ0v) is 11.4. The summed E-state index contributed by atoms with van der Waals surface area (Å²) in [6.07, 6.45) is 0.315. The average molecular weight is 264 g/mol. The lowest BCUT2D eigenvalue weighted by Gasteiger charge is -2.11. The summed E-state index contributed by atoms with van der Waals surface area (Å²) >= 11 is 0. The van der Waals surface area contributed by atoms with Crippen molar-refractivity contribution in [1.29, 1.82) is 0 Å². The quantitative estimate of drug-likeness (QED) is 0.526. The Balaban J connectivity index is 2.25. The second-order valence-corrected chi connectivity index (χ2v) is 4.78. The Morgan fingerprint density at radius 2 is 1.50 bits per heavy atom. The molecule has 100 valence electrons. The summed E-state index contributed by atoms with van der Waals surface area (Å²) in [5, 5.41) is 4.56. The predicted molar refractivity (Wildman–Crippen MR) is 81.8 cm³/mol. The van der Waals surface area contributed by atoms with E-state index in [9.17, 15) is 4.79 Å². The molecule has 0 bridgehead atoms. The smallest absolute Gasteiger partial charge is 0.310 e. The van der Waals surface area contributed by atoms with Gasteiger partial charge in [-0.05, 0) is 40.1 Å². The van der Waals surface area contributed by atoms with Crippen molar-refractivity contribution in [1.82, 2.24) is 0 Å². The van der Waals surface area contributed by atoms with Crippen molar-refractivity contribution in [3.05, 3.63) is 60.2 Å². The highest BCUT2D eigenvalue weighted by atomic mass is 16.5. The van der Waals surface area contributed by atoms with E-state index in [-0.39, 0.29) is 5.97 Å². The number of carbonyl (C=O) groups excluding carboxylic acids is 1. The summed E-state index contributed by atoms with van der Waals surface area (Å²) in [4.78, 5) is 11.9. The standard InChI is InChI=1S/C18H16O2/c1-2-20-18(19)12-17-15-9-5-3-7-13(15)11-14-8-4-6-10-16(14)17/h3-11H,2,12H2,1H3. The molecule has 3 aromatic carbocycles. The zero-order valence-electron chi connectivity index (χ0n) is 11.4. The monoisotopic (exact) mass is 264 g/mol. The Labute approximate surface area is 118 Å². The van der Waals surface area contributed by atoms with Gasteiger partial charge in [-0.25, -0.2) is 0 Å². The van der Waals surface area contributed by atoms with Crippen molar-refractivity contribution in [3.63, 3.8) is 0 Å². The van der Waals surface area contributed by atoms with E-state index in [0.29, 0.717) is 13.0 Å². The molecule has 2 nitrogen and oxygen atoms in total. The lowest BCUT2D eigenvalue weighted by atomic mass is 9.95. The third-order valence-electron chi connectivity index (χ3n) is 3.51. The van der Waals surface area contributed by atoms with Gasteiger partial charge in [0, 0.05) is 0 Å². The molecule has 0 N–H and O–H groups in total. The van der Waals surface area contributed by atoms with Crippen LogP contribution >= 0.6 is 0 Å². The maximum atomic E-state index is 11.9. The number of rotatable bonds is 3. The van der Waals surface area contributed by atoms with Gasteiger partial charge in [0.1, 0.15) is 0 Å². The van der Waals surface area contributed by atoms with E-state index >= 15 is 0 Å². The highest BCUT2D eigenvalue weighted by Crippen LogP contribution is 2.28. The first-order valence-corrected chi connectivity index (χ1v) is 6.84. The van der Waals surface area contributed by atoms with Gasteiger partial charge in [-0.3, -0.25) is 4.79 Å². The Bertz CT molecular complexity index is 721. The number of benzene rings is 3. The van der Waals surface area contributed by atoms with Crippen LogP contribution in [-0.4, -0.2) is 12.6 Å². The van der Waals surface area contributed by atoms with Crippen LogP contribution in [0.3, 0.4) is 0 Å². The zero-order chi connectivity index (χ0) is 13.9. The molecule has 0 saturated heterocycles. The predicted octanol–water partition coefficient (Wildman–Crippen LogP) is 4.10. The van der Waals surface area contributed by atoms with Crippen molar-refractivity contribution in [2.75, 3.05) is 6.61 Å². The summed E-state index contributed by atoms with van der Waals surface area (Å²) in [5.74, 6) is -0.172. The third kappa shape index (κ3) is 2.25. The molecule has 20 heavy (non-hydrogen) atoms. The molecule has 0 aliphatic heterocycles. The van der Waals surface area contributed by atoms with Crippen molar-refractivity contribution in [3.8, 4) is 0 Å². The minimum atomic E-state index is -0.172. The molecule has 0 aromatic heterocycles. The molecule has 0 aliphatic rings. The van der Waals surface area contributed by atoms with Crippen LogP contribution in [0.15, 0.2) is 54.6 Å². The van der Waals surface area contributed by atoms with Gasteiger partial charge in [-0.15, -0.1) is 0 Å². The van der Waals surface area contributed by atoms with Crippen LogP contribution in [-0.2, 0) is 16.0 Å². The summed E-state index contributed by atoms with van der Waals surface area (Å²) in [7, 11) is 0. The number of ether oxygens (including phenoxy) is 1. The van der Waals surface area contributed by atoms with E-state index in [1.54, 1.807) is 0 Å². The summed E-state index contributed by atoms with van der Waals surface area (Å²) < 4.78 is 5.10. The molecule has 0 radical (unpaired) electrons. The molecule has 0 saturated carbocycles. The maximum absolute atomic E-state index is 11.9. The van der Waals surface area contributed by atoms with Crippen molar-refractivity contribution in [2.24, 2.45) is 0 Å². The molecular formula is C18H16O2. The van der Waals surface area contributed by atoms with Gasteiger partial charge in [0.15, 0.2) is 0 Å². The van der Waals surface area contributed by atoms with Crippen LogP contribution in [0.4, 0.5) is 0 Å². The molecular weight excluding hydrogens is 248 g/mol. The lowest BCUT2D eigenvalue weighted by molar-refractivity contribution is -0.142. The normalized spacial score (nSPS) is 10.8. The fourth-order valence-corrected chi connectivity index (χ4v) is 2.65. The molecule has 0 heterocycles. The topological polar surface area (TPSA) is 26.3 Å². The molecule has 0 amide bonds. The molecule has 0 unspecified atom stereocenters. The van der Waals surface area contributed by atoms with Crippen molar-refractivity contribution >= 4 is 27.5 Å². The molecule has 2 heteroatoms. The number of fused-ring (bicyclic) bond motifs is 2. The lowest BCUT2D eigenvalue weighted by Crippen LogP contribution is -2.08. The van der Waals surface area contributed by atoms with Gasteiger partial charge in [-0.1, -0.05) is 48.5 Å². The van der Waals surface area contributed by atoms with Gasteiger partial charge in [0.05, 0.1) is 13.0 Å². The first kappa shape index (κ1) is 12.7. The molecule has 0 aliphatic carbocycles. The van der Waals surface area contributed by atoms with E-state index in [0.717, 1.165) is 27.1 Å². The first-order valence-electron chi connectivity index (χ1n) is 6.84. The second kappa shape index (κ2) is 5.33. The highest BCUT2D eigenvalue weighted by Gasteiger charge is 2.11. The second-order valence-electron chi connectivity index (χ2n) is 4.78. The van der Waals surface area contributed by atoms with Crippen LogP contribution < -0.4 is 0 Å². The van der Waals surface area contributed by atoms with Gasteiger partial charge >= 0.3 is 5.97 Å². The Kier molecular flexibility index (Phi) is 3.38. The van der Waals surface area contributed by atoms with E-state index in [4.69, 9.17) is 4.74 Å². The Morgan fingerprint density at radius 3 is 2.05 bits per heavy atom. The van der Waals surface area contributed by atoms with Gasteiger partial charge in [-0.2, -0.15) is 0 Å². The van der Waals surface area contributed by atoms with Crippen LogP contribution in [0.2, 0.25) is 0 Å². The Morgan fingerprint density at radius 1 is 0.950 bits per heavy atom. The van der Waals surface area contributed by atoms with Crippen LogP contribution in [0.5, 0.6) is 0 Å². The van der Waals surface area contributed by atoms with E-state index in [2.05, 4.69) is 30.3 Å². The van der Waals surface area contributed by atoms with Gasteiger partial charge in [0.2, 0.25) is 0 Å². The average Bonchev–Trinajstić information content (AvgIpc) is 2.47. The minimum Gasteiger partial charge on any atom is -0.466 e. The number of esters is 1. The van der Waals surface area contributed by atoms with E-state index in [1.165, 1.54) is 0 Å². The van der Waals surface area contributed by atoms with E-state index in [1.807, 2.05) is 31.2 Å². The molecule has 3 aromatic rings. The summed E-state index contributed by atoms with van der Waals surface area (Å²) in [6, 6.07) is 18.5. The molecule has 3 rings (SSSR count). The van der Waals surface area contributed by atoms with Crippen molar-refractivity contribution < 1.29 is 9.53 Å². The maximum Gasteiger partial charge on any atom is 0.310 e. The number of hydrogen-bond donors (Lipinski definition) is 0. The minimum absolute atomic E-state index is 0.172. The van der Waals surface area contributed by atoms with Crippen LogP contribution in [0, 0.1) is 0 Å². The Hall–Kier alpha value is -2.35. The fourth-order valence-electron chi connectivity index (χ4n) is 2.65. The number of hydrogen-bond acceptors (Lipinski definition) is 2. The molecule has 0 spiro atoms. The van der Waals surface area contributed by atoms with Crippen LogP contribution in [0.25, 0.3) is 21.5 Å². The molecule has 0 atom stereocenters. The summed E-state index contributed by atoms with van der Waals surface area (Å²) in [5.41, 5.74) is 1.05.